The first kappa shape index (κ1) is 14.7. The van der Waals surface area contributed by atoms with Crippen LogP contribution in [0.15, 0.2) is 42.5 Å². The van der Waals surface area contributed by atoms with E-state index < -0.39 is 0 Å². The van der Waals surface area contributed by atoms with Crippen LogP contribution in [0.25, 0.3) is 0 Å². The molecule has 0 aliphatic rings. The maximum absolute atomic E-state index is 11.8. The Kier molecular flexibility index (Phi) is 4.88. The van der Waals surface area contributed by atoms with Crippen molar-refractivity contribution in [3.8, 4) is 0 Å². The van der Waals surface area contributed by atoms with Crippen LogP contribution in [0.2, 0.25) is 10.0 Å². The van der Waals surface area contributed by atoms with Gasteiger partial charge in [-0.3, -0.25) is 0 Å². The minimum absolute atomic E-state index is 0.308. The monoisotopic (exact) mass is 308 g/mol. The largest absolute Gasteiger partial charge is 0.334 e. The number of carbonyl (C=O) groups excluding carboxylic acids is 1. The van der Waals surface area contributed by atoms with E-state index in [2.05, 4.69) is 10.6 Å². The van der Waals surface area contributed by atoms with Gasteiger partial charge in [0.25, 0.3) is 0 Å². The Morgan fingerprint density at radius 3 is 2.60 bits per heavy atom. The number of aryl methyl sites for hydroxylation is 1. The summed E-state index contributed by atoms with van der Waals surface area (Å²) in [4.78, 5) is 11.8. The van der Waals surface area contributed by atoms with Crippen LogP contribution in [0.3, 0.4) is 0 Å². The molecule has 0 aliphatic carbocycles. The first-order valence-electron chi connectivity index (χ1n) is 6.10. The lowest BCUT2D eigenvalue weighted by Gasteiger charge is -2.10. The van der Waals surface area contributed by atoms with Crippen LogP contribution in [0.4, 0.5) is 10.5 Å². The predicted molar refractivity (Wildman–Crippen MR) is 83.5 cm³/mol. The highest BCUT2D eigenvalue weighted by molar-refractivity contribution is 6.36. The summed E-state index contributed by atoms with van der Waals surface area (Å²) in [7, 11) is 0. The third-order valence-corrected chi connectivity index (χ3v) is 3.43. The highest BCUT2D eigenvalue weighted by Gasteiger charge is 2.06. The van der Waals surface area contributed by atoms with Crippen molar-refractivity contribution in [3.63, 3.8) is 0 Å². The first-order valence-corrected chi connectivity index (χ1v) is 6.86. The molecule has 0 aromatic heterocycles. The molecule has 2 aromatic rings. The van der Waals surface area contributed by atoms with Crippen LogP contribution in [-0.4, -0.2) is 6.03 Å². The van der Waals surface area contributed by atoms with E-state index in [4.69, 9.17) is 23.2 Å². The zero-order valence-electron chi connectivity index (χ0n) is 10.9. The van der Waals surface area contributed by atoms with Crippen LogP contribution in [0.5, 0.6) is 0 Å². The average Bonchev–Trinajstić information content (AvgIpc) is 2.41. The van der Waals surface area contributed by atoms with Crippen LogP contribution in [-0.2, 0) is 6.54 Å². The lowest BCUT2D eigenvalue weighted by Crippen LogP contribution is -2.28. The molecular weight excluding hydrogens is 295 g/mol. The second kappa shape index (κ2) is 6.64. The molecule has 0 bridgehead atoms. The third kappa shape index (κ3) is 3.89. The summed E-state index contributed by atoms with van der Waals surface area (Å²) in [6, 6.07) is 12.5. The van der Waals surface area contributed by atoms with Gasteiger partial charge in [-0.25, -0.2) is 4.79 Å². The second-order valence-corrected chi connectivity index (χ2v) is 5.20. The van der Waals surface area contributed by atoms with E-state index in [0.717, 1.165) is 11.1 Å². The molecule has 5 heteroatoms. The summed E-state index contributed by atoms with van der Waals surface area (Å²) in [5, 5.41) is 6.41. The lowest BCUT2D eigenvalue weighted by molar-refractivity contribution is 0.251. The minimum Gasteiger partial charge on any atom is -0.334 e. The molecule has 0 aliphatic heterocycles. The number of benzene rings is 2. The molecule has 2 N–H and O–H groups in total. The van der Waals surface area contributed by atoms with Crippen LogP contribution >= 0.6 is 23.2 Å². The number of halogens is 2. The fraction of sp³-hybridized carbons (Fsp3) is 0.133. The minimum atomic E-state index is -0.308. The molecule has 0 saturated heterocycles. The van der Waals surface area contributed by atoms with Gasteiger partial charge in [0.05, 0.1) is 10.7 Å². The molecule has 0 heterocycles. The molecule has 0 radical (unpaired) electrons. The smallest absolute Gasteiger partial charge is 0.319 e. The standard InChI is InChI=1S/C15H14Cl2N2O/c1-10-4-2-3-5-11(10)9-18-15(20)19-14-7-6-12(16)8-13(14)17/h2-8H,9H2,1H3,(H2,18,19,20). The summed E-state index contributed by atoms with van der Waals surface area (Å²) in [5.74, 6) is 0. The lowest BCUT2D eigenvalue weighted by atomic mass is 10.1. The van der Waals surface area contributed by atoms with E-state index in [1.54, 1.807) is 18.2 Å². The van der Waals surface area contributed by atoms with Crippen LogP contribution in [0, 0.1) is 6.92 Å². The molecule has 0 spiro atoms. The number of urea groups is 1. The molecule has 0 unspecified atom stereocenters. The average molecular weight is 309 g/mol. The second-order valence-electron chi connectivity index (χ2n) is 4.36. The van der Waals surface area contributed by atoms with Gasteiger partial charge in [0.2, 0.25) is 0 Å². The van der Waals surface area contributed by atoms with Gasteiger partial charge < -0.3 is 10.6 Å². The predicted octanol–water partition coefficient (Wildman–Crippen LogP) is 4.62. The molecule has 20 heavy (non-hydrogen) atoms. The quantitative estimate of drug-likeness (QED) is 0.853. The number of amides is 2. The fourth-order valence-corrected chi connectivity index (χ4v) is 2.20. The van der Waals surface area contributed by atoms with Gasteiger partial charge in [-0.2, -0.15) is 0 Å². The maximum Gasteiger partial charge on any atom is 0.319 e. The van der Waals surface area contributed by atoms with Gasteiger partial charge in [-0.1, -0.05) is 47.5 Å². The number of hydrogen-bond acceptors (Lipinski definition) is 1. The molecule has 0 fully saturated rings. The van der Waals surface area contributed by atoms with Crippen LogP contribution in [0.1, 0.15) is 11.1 Å². The zero-order chi connectivity index (χ0) is 14.5. The summed E-state index contributed by atoms with van der Waals surface area (Å²) < 4.78 is 0. The Labute approximate surface area is 127 Å². The molecule has 104 valence electrons. The van der Waals surface area contributed by atoms with Gasteiger partial charge >= 0.3 is 6.03 Å². The van der Waals surface area contributed by atoms with Crippen LogP contribution < -0.4 is 10.6 Å². The van der Waals surface area contributed by atoms with Gasteiger partial charge in [0.1, 0.15) is 0 Å². The Balaban J connectivity index is 1.94. The molecule has 0 atom stereocenters. The number of rotatable bonds is 3. The van der Waals surface area contributed by atoms with Crippen molar-refractivity contribution >= 4 is 34.9 Å². The summed E-state index contributed by atoms with van der Waals surface area (Å²) in [6.45, 7) is 2.47. The van der Waals surface area contributed by atoms with Crippen molar-refractivity contribution in [2.45, 2.75) is 13.5 Å². The Morgan fingerprint density at radius 1 is 1.15 bits per heavy atom. The topological polar surface area (TPSA) is 41.1 Å². The van der Waals surface area contributed by atoms with Gasteiger partial charge in [-0.15, -0.1) is 0 Å². The first-order chi connectivity index (χ1) is 9.56. The maximum atomic E-state index is 11.8. The van der Waals surface area contributed by atoms with E-state index in [1.807, 2.05) is 31.2 Å². The molecular formula is C15H14Cl2N2O. The van der Waals surface area contributed by atoms with Crippen molar-refractivity contribution in [3.05, 3.63) is 63.6 Å². The van der Waals surface area contributed by atoms with Gasteiger partial charge in [0, 0.05) is 11.6 Å². The zero-order valence-corrected chi connectivity index (χ0v) is 12.4. The fourth-order valence-electron chi connectivity index (χ4n) is 1.74. The molecule has 0 saturated carbocycles. The number of anilines is 1. The number of nitrogens with one attached hydrogen (secondary N) is 2. The highest BCUT2D eigenvalue weighted by atomic mass is 35.5. The van der Waals surface area contributed by atoms with E-state index in [1.165, 1.54) is 0 Å². The van der Waals surface area contributed by atoms with Crippen molar-refractivity contribution in [2.24, 2.45) is 0 Å². The SMILES string of the molecule is Cc1ccccc1CNC(=O)Nc1ccc(Cl)cc1Cl. The molecule has 2 rings (SSSR count). The number of hydrogen-bond donors (Lipinski definition) is 2. The van der Waals surface area contributed by atoms with Gasteiger partial charge in [0.15, 0.2) is 0 Å². The van der Waals surface area contributed by atoms with E-state index in [-0.39, 0.29) is 6.03 Å². The van der Waals surface area contributed by atoms with Crippen molar-refractivity contribution in [2.75, 3.05) is 5.32 Å². The number of carbonyl (C=O) groups is 1. The van der Waals surface area contributed by atoms with Crippen molar-refractivity contribution in [1.82, 2.24) is 5.32 Å². The Bertz CT molecular complexity index is 629. The van der Waals surface area contributed by atoms with Crippen molar-refractivity contribution < 1.29 is 4.79 Å². The van der Waals surface area contributed by atoms with E-state index >= 15 is 0 Å². The normalized spacial score (nSPS) is 10.2. The Morgan fingerprint density at radius 2 is 1.90 bits per heavy atom. The molecule has 2 aromatic carbocycles. The molecule has 3 nitrogen and oxygen atoms in total. The summed E-state index contributed by atoms with van der Waals surface area (Å²) in [5.41, 5.74) is 2.74. The summed E-state index contributed by atoms with van der Waals surface area (Å²) >= 11 is 11.8. The highest BCUT2D eigenvalue weighted by Crippen LogP contribution is 2.25. The van der Waals surface area contributed by atoms with Gasteiger partial charge in [-0.05, 0) is 36.2 Å². The summed E-state index contributed by atoms with van der Waals surface area (Å²) in [6.07, 6.45) is 0. The van der Waals surface area contributed by atoms with Crippen molar-refractivity contribution in [1.29, 1.82) is 0 Å². The molecule has 2 amide bonds. The Hall–Kier alpha value is -1.71. The van der Waals surface area contributed by atoms with E-state index in [0.29, 0.717) is 22.3 Å². The van der Waals surface area contributed by atoms with E-state index in [9.17, 15) is 4.79 Å². The third-order valence-electron chi connectivity index (χ3n) is 2.88.